The van der Waals surface area contributed by atoms with Gasteiger partial charge >= 0.3 is 5.97 Å². The first-order valence-corrected chi connectivity index (χ1v) is 6.51. The van der Waals surface area contributed by atoms with Crippen LogP contribution < -0.4 is 5.32 Å². The molecule has 0 aliphatic rings. The third kappa shape index (κ3) is 3.16. The zero-order valence-corrected chi connectivity index (χ0v) is 12.2. The number of amides is 1. The smallest absolute Gasteiger partial charge is 0.326 e. The highest BCUT2D eigenvalue weighted by Gasteiger charge is 2.22. The minimum atomic E-state index is -1.01. The number of carboxylic acids is 1. The van der Waals surface area contributed by atoms with Gasteiger partial charge in [0.25, 0.3) is 5.91 Å². The molecule has 1 aromatic heterocycles. The highest BCUT2D eigenvalue weighted by Crippen LogP contribution is 2.20. The first-order chi connectivity index (χ1) is 8.79. The summed E-state index contributed by atoms with van der Waals surface area (Å²) in [5, 5.41) is 11.5. The van der Waals surface area contributed by atoms with Crippen LogP contribution in [0.15, 0.2) is 6.07 Å². The number of nitrogens with zero attached hydrogens (tertiary/aromatic N) is 1. The molecule has 2 N–H and O–H groups in total. The van der Waals surface area contributed by atoms with Gasteiger partial charge in [-0.05, 0) is 40.2 Å². The second kappa shape index (κ2) is 5.91. The molecule has 0 aliphatic heterocycles. The van der Waals surface area contributed by atoms with Crippen LogP contribution in [-0.2, 0) is 4.79 Å². The molecule has 0 fully saturated rings. The van der Waals surface area contributed by atoms with Gasteiger partial charge in [-0.25, -0.2) is 4.79 Å². The zero-order chi connectivity index (χ0) is 14.7. The van der Waals surface area contributed by atoms with Crippen LogP contribution in [0.25, 0.3) is 0 Å². The summed E-state index contributed by atoms with van der Waals surface area (Å²) in [6.45, 7) is 9.65. The van der Waals surface area contributed by atoms with Crippen LogP contribution in [0.2, 0.25) is 0 Å². The summed E-state index contributed by atoms with van der Waals surface area (Å²) in [6.07, 6.45) is 0.365. The Morgan fingerprint density at radius 1 is 1.37 bits per heavy atom. The van der Waals surface area contributed by atoms with E-state index in [1.807, 2.05) is 27.7 Å². The molecule has 0 saturated carbocycles. The monoisotopic (exact) mass is 266 g/mol. The van der Waals surface area contributed by atoms with Gasteiger partial charge in [0.2, 0.25) is 0 Å². The average molecular weight is 266 g/mol. The highest BCUT2D eigenvalue weighted by molar-refractivity contribution is 5.97. The molecule has 1 amide bonds. The molecule has 0 aliphatic carbocycles. The lowest BCUT2D eigenvalue weighted by Crippen LogP contribution is -2.40. The fraction of sp³-hybridized carbons (Fsp3) is 0.571. The van der Waals surface area contributed by atoms with Crippen molar-refractivity contribution in [2.24, 2.45) is 0 Å². The second-order valence-corrected chi connectivity index (χ2v) is 5.02. The number of nitrogens with one attached hydrogen (secondary N) is 1. The van der Waals surface area contributed by atoms with Crippen molar-refractivity contribution in [3.63, 3.8) is 0 Å². The molecule has 5 nitrogen and oxygen atoms in total. The van der Waals surface area contributed by atoms with E-state index in [-0.39, 0.29) is 11.9 Å². The van der Waals surface area contributed by atoms with E-state index < -0.39 is 12.0 Å². The van der Waals surface area contributed by atoms with E-state index in [9.17, 15) is 9.59 Å². The third-order valence-corrected chi connectivity index (χ3v) is 3.26. The summed E-state index contributed by atoms with van der Waals surface area (Å²) >= 11 is 0. The van der Waals surface area contributed by atoms with Gasteiger partial charge in [0, 0.05) is 17.4 Å². The summed E-state index contributed by atoms with van der Waals surface area (Å²) in [5.41, 5.74) is 2.41. The Labute approximate surface area is 113 Å². The topological polar surface area (TPSA) is 71.3 Å². The molecule has 1 heterocycles. The van der Waals surface area contributed by atoms with E-state index in [2.05, 4.69) is 9.88 Å². The molecule has 0 spiro atoms. The fourth-order valence-corrected chi connectivity index (χ4v) is 2.38. The number of hydrogen-bond acceptors (Lipinski definition) is 2. The Bertz CT molecular complexity index is 489. The average Bonchev–Trinajstić information content (AvgIpc) is 2.60. The van der Waals surface area contributed by atoms with E-state index in [1.165, 1.54) is 0 Å². The van der Waals surface area contributed by atoms with Gasteiger partial charge < -0.3 is 15.0 Å². The molecule has 0 aromatic carbocycles. The van der Waals surface area contributed by atoms with Crippen LogP contribution >= 0.6 is 0 Å². The maximum absolute atomic E-state index is 12.1. The van der Waals surface area contributed by atoms with Crippen LogP contribution in [0.1, 0.15) is 55.0 Å². The molecular weight excluding hydrogens is 244 g/mol. The van der Waals surface area contributed by atoms with Crippen LogP contribution in [0.5, 0.6) is 0 Å². The van der Waals surface area contributed by atoms with Crippen molar-refractivity contribution < 1.29 is 14.7 Å². The lowest BCUT2D eigenvalue weighted by Gasteiger charge is -2.15. The van der Waals surface area contributed by atoms with Crippen molar-refractivity contribution in [1.29, 1.82) is 0 Å². The molecule has 5 heteroatoms. The molecule has 0 bridgehead atoms. The Balaban J connectivity index is 3.01. The lowest BCUT2D eigenvalue weighted by atomic mass is 10.2. The summed E-state index contributed by atoms with van der Waals surface area (Å²) < 4.78 is 2.07. The van der Waals surface area contributed by atoms with Gasteiger partial charge in [-0.2, -0.15) is 0 Å². The van der Waals surface area contributed by atoms with E-state index in [4.69, 9.17) is 5.11 Å². The predicted molar refractivity (Wildman–Crippen MR) is 73.5 cm³/mol. The number of carbonyl (C=O) groups is 2. The Hall–Kier alpha value is -1.78. The molecule has 0 saturated heterocycles. The summed E-state index contributed by atoms with van der Waals surface area (Å²) in [5.74, 6) is -1.33. The van der Waals surface area contributed by atoms with E-state index >= 15 is 0 Å². The van der Waals surface area contributed by atoms with E-state index in [1.54, 1.807) is 13.0 Å². The van der Waals surface area contributed by atoms with Crippen molar-refractivity contribution in [2.45, 2.75) is 53.1 Å². The first kappa shape index (κ1) is 15.3. The molecule has 1 rings (SSSR count). The van der Waals surface area contributed by atoms with Crippen molar-refractivity contribution in [2.75, 3.05) is 0 Å². The first-order valence-electron chi connectivity index (χ1n) is 6.51. The van der Waals surface area contributed by atoms with Crippen molar-refractivity contribution in [3.8, 4) is 0 Å². The normalized spacial score (nSPS) is 12.5. The standard InChI is InChI=1S/C14H22N2O3/c1-6-12(14(18)19)15-13(17)11-7-9(4)16(8(2)3)10(11)5/h7-8,12H,6H2,1-5H3,(H,15,17)(H,18,19). The Kier molecular flexibility index (Phi) is 4.75. The minimum Gasteiger partial charge on any atom is -0.480 e. The van der Waals surface area contributed by atoms with Crippen LogP contribution in [-0.4, -0.2) is 27.6 Å². The lowest BCUT2D eigenvalue weighted by molar-refractivity contribution is -0.139. The number of carbonyl (C=O) groups excluding carboxylic acids is 1. The van der Waals surface area contributed by atoms with E-state index in [0.717, 1.165) is 11.4 Å². The molecule has 106 valence electrons. The van der Waals surface area contributed by atoms with Gasteiger partial charge in [-0.1, -0.05) is 6.92 Å². The largest absolute Gasteiger partial charge is 0.480 e. The molecule has 19 heavy (non-hydrogen) atoms. The molecule has 1 unspecified atom stereocenters. The summed E-state index contributed by atoms with van der Waals surface area (Å²) in [6, 6.07) is 1.23. The number of rotatable bonds is 5. The molecule has 1 aromatic rings. The zero-order valence-electron chi connectivity index (χ0n) is 12.2. The van der Waals surface area contributed by atoms with Gasteiger partial charge in [0.1, 0.15) is 6.04 Å². The predicted octanol–water partition coefficient (Wildman–Crippen LogP) is 2.28. The van der Waals surface area contributed by atoms with Gasteiger partial charge in [-0.3, -0.25) is 4.79 Å². The van der Waals surface area contributed by atoms with Gasteiger partial charge in [-0.15, -0.1) is 0 Å². The Morgan fingerprint density at radius 3 is 2.32 bits per heavy atom. The van der Waals surface area contributed by atoms with Crippen molar-refractivity contribution >= 4 is 11.9 Å². The number of carboxylic acid groups (broad SMARTS) is 1. The van der Waals surface area contributed by atoms with Gasteiger partial charge in [0.15, 0.2) is 0 Å². The maximum atomic E-state index is 12.1. The molecule has 0 radical (unpaired) electrons. The fourth-order valence-electron chi connectivity index (χ4n) is 2.38. The van der Waals surface area contributed by atoms with Crippen molar-refractivity contribution in [3.05, 3.63) is 23.0 Å². The summed E-state index contributed by atoms with van der Waals surface area (Å²) in [7, 11) is 0. The summed E-state index contributed by atoms with van der Waals surface area (Å²) in [4.78, 5) is 23.1. The van der Waals surface area contributed by atoms with Gasteiger partial charge in [0.05, 0.1) is 5.56 Å². The van der Waals surface area contributed by atoms with Crippen LogP contribution in [0, 0.1) is 13.8 Å². The SMILES string of the molecule is CCC(NC(=O)c1cc(C)n(C(C)C)c1C)C(=O)O. The number of aliphatic carboxylic acids is 1. The van der Waals surface area contributed by atoms with Crippen LogP contribution in [0.3, 0.4) is 0 Å². The highest BCUT2D eigenvalue weighted by atomic mass is 16.4. The molecular formula is C14H22N2O3. The second-order valence-electron chi connectivity index (χ2n) is 5.02. The maximum Gasteiger partial charge on any atom is 0.326 e. The minimum absolute atomic E-state index is 0.267. The number of aromatic nitrogens is 1. The van der Waals surface area contributed by atoms with E-state index in [0.29, 0.717) is 12.0 Å². The van der Waals surface area contributed by atoms with Crippen LogP contribution in [0.4, 0.5) is 0 Å². The number of hydrogen-bond donors (Lipinski definition) is 2. The quantitative estimate of drug-likeness (QED) is 0.858. The third-order valence-electron chi connectivity index (χ3n) is 3.26. The molecule has 1 atom stereocenters. The van der Waals surface area contributed by atoms with Crippen molar-refractivity contribution in [1.82, 2.24) is 9.88 Å². The number of aryl methyl sites for hydroxylation is 1. The Morgan fingerprint density at radius 2 is 1.95 bits per heavy atom.